The number of allylic oxidation sites excluding steroid dienone is 2. The summed E-state index contributed by atoms with van der Waals surface area (Å²) in [6.45, 7) is 0. The fourth-order valence-electron chi connectivity index (χ4n) is 4.40. The van der Waals surface area contributed by atoms with Gasteiger partial charge < -0.3 is 14.8 Å². The van der Waals surface area contributed by atoms with Gasteiger partial charge in [0.1, 0.15) is 17.2 Å². The third-order valence-corrected chi connectivity index (χ3v) is 5.79. The first-order chi connectivity index (χ1) is 13.8. The van der Waals surface area contributed by atoms with Crippen LogP contribution in [0.15, 0.2) is 84.9 Å². The molecule has 1 aliphatic carbocycles. The van der Waals surface area contributed by atoms with E-state index in [9.17, 15) is 0 Å². The van der Waals surface area contributed by atoms with E-state index < -0.39 is 0 Å². The average Bonchev–Trinajstić information content (AvgIpc) is 3.24. The zero-order chi connectivity index (χ0) is 18.9. The Hall–Kier alpha value is -3.20. The third-order valence-electron chi connectivity index (χ3n) is 5.79. The lowest BCUT2D eigenvalue weighted by molar-refractivity contribution is 0.410. The maximum Gasteiger partial charge on any atom is 0.127 e. The second-order valence-electron chi connectivity index (χ2n) is 7.41. The fourth-order valence-corrected chi connectivity index (χ4v) is 4.40. The Morgan fingerprint density at radius 3 is 2.43 bits per heavy atom. The van der Waals surface area contributed by atoms with E-state index in [1.165, 1.54) is 16.8 Å². The summed E-state index contributed by atoms with van der Waals surface area (Å²) in [7, 11) is 1.70. The van der Waals surface area contributed by atoms with Crippen LogP contribution in [-0.2, 0) is 0 Å². The molecule has 3 nitrogen and oxygen atoms in total. The monoisotopic (exact) mass is 369 g/mol. The number of para-hydroxylation sites is 1. The maximum atomic E-state index is 6.06. The number of methoxy groups -OCH3 is 1. The summed E-state index contributed by atoms with van der Waals surface area (Å²) in [5.41, 5.74) is 3.81. The number of hydrogen-bond acceptors (Lipinski definition) is 3. The van der Waals surface area contributed by atoms with E-state index in [0.29, 0.717) is 17.9 Å². The lowest BCUT2D eigenvalue weighted by Crippen LogP contribution is -2.29. The smallest absolute Gasteiger partial charge is 0.127 e. The summed E-state index contributed by atoms with van der Waals surface area (Å²) >= 11 is 0. The van der Waals surface area contributed by atoms with Crippen LogP contribution in [0.1, 0.15) is 29.5 Å². The topological polar surface area (TPSA) is 30.5 Å². The quantitative estimate of drug-likeness (QED) is 0.546. The van der Waals surface area contributed by atoms with E-state index in [-0.39, 0.29) is 0 Å². The molecule has 0 saturated heterocycles. The van der Waals surface area contributed by atoms with Gasteiger partial charge in [-0.15, -0.1) is 0 Å². The lowest BCUT2D eigenvalue weighted by atomic mass is 9.77. The minimum absolute atomic E-state index is 0.291. The molecule has 1 heterocycles. The van der Waals surface area contributed by atoms with Gasteiger partial charge in [0.15, 0.2) is 0 Å². The van der Waals surface area contributed by atoms with Crippen molar-refractivity contribution in [1.82, 2.24) is 0 Å². The van der Waals surface area contributed by atoms with Crippen LogP contribution in [-0.4, -0.2) is 7.11 Å². The van der Waals surface area contributed by atoms with Gasteiger partial charge in [-0.2, -0.15) is 0 Å². The zero-order valence-corrected chi connectivity index (χ0v) is 15.8. The molecule has 28 heavy (non-hydrogen) atoms. The Morgan fingerprint density at radius 2 is 1.64 bits per heavy atom. The van der Waals surface area contributed by atoms with Crippen molar-refractivity contribution in [3.8, 4) is 17.2 Å². The van der Waals surface area contributed by atoms with Crippen molar-refractivity contribution in [2.24, 2.45) is 5.92 Å². The summed E-state index contributed by atoms with van der Waals surface area (Å²) in [5.74, 6) is 3.55. The van der Waals surface area contributed by atoms with Crippen molar-refractivity contribution >= 4 is 5.69 Å². The third kappa shape index (κ3) is 3.03. The van der Waals surface area contributed by atoms with E-state index in [1.54, 1.807) is 7.11 Å². The van der Waals surface area contributed by atoms with E-state index in [2.05, 4.69) is 41.7 Å². The number of ether oxygens (including phenoxy) is 2. The molecule has 0 unspecified atom stereocenters. The highest BCUT2D eigenvalue weighted by atomic mass is 16.5. The van der Waals surface area contributed by atoms with Crippen LogP contribution >= 0.6 is 0 Å². The summed E-state index contributed by atoms with van der Waals surface area (Å²) in [4.78, 5) is 0. The van der Waals surface area contributed by atoms with Gasteiger partial charge in [0.2, 0.25) is 0 Å². The first kappa shape index (κ1) is 16.9. The Kier molecular flexibility index (Phi) is 4.28. The van der Waals surface area contributed by atoms with Crippen molar-refractivity contribution in [2.45, 2.75) is 18.4 Å². The molecule has 1 N–H and O–H groups in total. The molecule has 0 saturated carbocycles. The standard InChI is InChI=1S/C25H23NO2/c1-27-18-12-10-17(11-13-18)25-22-9-5-8-21(22)23-16-20(14-15-24(23)26-25)28-19-6-3-2-4-7-19/h2-8,10-16,21-22,25-26H,9H2,1H3/t21-,22+,25+/m1/s1. The first-order valence-electron chi connectivity index (χ1n) is 9.76. The predicted octanol–water partition coefficient (Wildman–Crippen LogP) is 6.31. The second kappa shape index (κ2) is 7.08. The highest BCUT2D eigenvalue weighted by molar-refractivity contribution is 5.62. The highest BCUT2D eigenvalue weighted by Gasteiger charge is 2.38. The minimum Gasteiger partial charge on any atom is -0.497 e. The van der Waals surface area contributed by atoms with Crippen molar-refractivity contribution in [3.05, 3.63) is 96.1 Å². The number of benzene rings is 3. The van der Waals surface area contributed by atoms with Gasteiger partial charge in [0.25, 0.3) is 0 Å². The fraction of sp³-hybridized carbons (Fsp3) is 0.200. The summed E-state index contributed by atoms with van der Waals surface area (Å²) < 4.78 is 11.4. The zero-order valence-electron chi connectivity index (χ0n) is 15.8. The van der Waals surface area contributed by atoms with Gasteiger partial charge >= 0.3 is 0 Å². The normalized spacial score (nSPS) is 22.1. The van der Waals surface area contributed by atoms with Gasteiger partial charge in [-0.05, 0) is 65.9 Å². The van der Waals surface area contributed by atoms with Gasteiger partial charge in [-0.3, -0.25) is 0 Å². The SMILES string of the molecule is COc1ccc([C@@H]2Nc3ccc(Oc4ccccc4)cc3[C@@H]3C=CC[C@@H]32)cc1. The summed E-state index contributed by atoms with van der Waals surface area (Å²) in [5, 5.41) is 3.78. The molecule has 0 aromatic heterocycles. The van der Waals surface area contributed by atoms with Crippen LogP contribution in [0.25, 0.3) is 0 Å². The van der Waals surface area contributed by atoms with E-state index >= 15 is 0 Å². The van der Waals surface area contributed by atoms with Gasteiger partial charge in [-0.25, -0.2) is 0 Å². The average molecular weight is 369 g/mol. The largest absolute Gasteiger partial charge is 0.497 e. The van der Waals surface area contributed by atoms with Crippen LogP contribution < -0.4 is 14.8 Å². The number of nitrogens with one attached hydrogen (secondary N) is 1. The number of hydrogen-bond donors (Lipinski definition) is 1. The second-order valence-corrected chi connectivity index (χ2v) is 7.41. The number of rotatable bonds is 4. The van der Waals surface area contributed by atoms with Gasteiger partial charge in [-0.1, -0.05) is 42.5 Å². The minimum atomic E-state index is 0.291. The van der Waals surface area contributed by atoms with Crippen molar-refractivity contribution in [2.75, 3.05) is 12.4 Å². The molecule has 3 atom stereocenters. The molecular formula is C25H23NO2. The molecule has 2 aliphatic rings. The molecule has 3 aromatic carbocycles. The van der Waals surface area contributed by atoms with Gasteiger partial charge in [0, 0.05) is 11.6 Å². The van der Waals surface area contributed by atoms with E-state index in [4.69, 9.17) is 9.47 Å². The number of fused-ring (bicyclic) bond motifs is 3. The molecule has 0 bridgehead atoms. The van der Waals surface area contributed by atoms with Crippen molar-refractivity contribution in [3.63, 3.8) is 0 Å². The van der Waals surface area contributed by atoms with Crippen LogP contribution in [0, 0.1) is 5.92 Å². The molecule has 140 valence electrons. The van der Waals surface area contributed by atoms with Crippen molar-refractivity contribution in [1.29, 1.82) is 0 Å². The first-order valence-corrected chi connectivity index (χ1v) is 9.76. The highest BCUT2D eigenvalue weighted by Crippen LogP contribution is 2.50. The molecule has 5 rings (SSSR count). The summed E-state index contributed by atoms with van der Waals surface area (Å²) in [6, 6.07) is 25.0. The van der Waals surface area contributed by atoms with Crippen LogP contribution in [0.5, 0.6) is 17.2 Å². The molecule has 0 fully saturated rings. The molecule has 0 spiro atoms. The van der Waals surface area contributed by atoms with Gasteiger partial charge in [0.05, 0.1) is 13.2 Å². The summed E-state index contributed by atoms with van der Waals surface area (Å²) in [6.07, 6.45) is 5.75. The molecular weight excluding hydrogens is 346 g/mol. The Bertz CT molecular complexity index is 995. The molecule has 0 radical (unpaired) electrons. The predicted molar refractivity (Wildman–Crippen MR) is 112 cm³/mol. The van der Waals surface area contributed by atoms with E-state index in [1.807, 2.05) is 48.5 Å². The van der Waals surface area contributed by atoms with Crippen LogP contribution in [0.2, 0.25) is 0 Å². The van der Waals surface area contributed by atoms with Crippen molar-refractivity contribution < 1.29 is 9.47 Å². The Morgan fingerprint density at radius 1 is 0.857 bits per heavy atom. The molecule has 3 aromatic rings. The lowest BCUT2D eigenvalue weighted by Gasteiger charge is -2.37. The molecule has 1 aliphatic heterocycles. The maximum absolute atomic E-state index is 6.06. The Labute approximate surface area is 165 Å². The van der Waals surface area contributed by atoms with Crippen LogP contribution in [0.3, 0.4) is 0 Å². The molecule has 0 amide bonds. The van der Waals surface area contributed by atoms with Crippen LogP contribution in [0.4, 0.5) is 5.69 Å². The number of anilines is 1. The Balaban J connectivity index is 1.46. The van der Waals surface area contributed by atoms with E-state index in [0.717, 1.165) is 23.7 Å². The molecule has 3 heteroatoms.